The number of rotatable bonds is 11. The fourth-order valence-electron chi connectivity index (χ4n) is 6.87. The van der Waals surface area contributed by atoms with Crippen molar-refractivity contribution in [2.24, 2.45) is 5.92 Å². The Kier molecular flexibility index (Phi) is 9.56. The number of hydrogen-bond donors (Lipinski definition) is 1. The first-order valence-electron chi connectivity index (χ1n) is 15.7. The van der Waals surface area contributed by atoms with Crippen LogP contribution in [0, 0.1) is 16.0 Å². The lowest BCUT2D eigenvalue weighted by Crippen LogP contribution is -2.55. The van der Waals surface area contributed by atoms with Gasteiger partial charge in [-0.05, 0) is 35.4 Å². The zero-order valence-electron chi connectivity index (χ0n) is 27.1. The molecule has 3 heterocycles. The number of carbonyl (C=O) groups excluding carboxylic acids is 3. The number of esters is 1. The maximum absolute atomic E-state index is 14.8. The minimum atomic E-state index is -4.62. The van der Waals surface area contributed by atoms with E-state index < -0.39 is 73.0 Å². The molecule has 3 aromatic carbocycles. The Morgan fingerprint density at radius 3 is 2.44 bits per heavy atom. The first-order valence-corrected chi connectivity index (χ1v) is 17.1. The maximum Gasteiger partial charge on any atom is 0.307 e. The fraction of sp³-hybridized carbons (Fsp3) is 0.286. The summed E-state index contributed by atoms with van der Waals surface area (Å²) in [6.45, 7) is 0.994. The van der Waals surface area contributed by atoms with Crippen LogP contribution in [-0.2, 0) is 47.0 Å². The van der Waals surface area contributed by atoms with Crippen molar-refractivity contribution in [1.82, 2.24) is 14.5 Å². The summed E-state index contributed by atoms with van der Waals surface area (Å²) in [7, 11) is -3.10. The number of sulfonamides is 1. The van der Waals surface area contributed by atoms with Crippen molar-refractivity contribution in [2.75, 3.05) is 13.7 Å². The van der Waals surface area contributed by atoms with Crippen molar-refractivity contribution in [3.63, 3.8) is 0 Å². The van der Waals surface area contributed by atoms with Crippen LogP contribution in [0.25, 0.3) is 0 Å². The number of nitro groups is 1. The maximum atomic E-state index is 14.8. The molecule has 260 valence electrons. The smallest absolute Gasteiger partial charge is 0.307 e. The predicted molar refractivity (Wildman–Crippen MR) is 178 cm³/mol. The molecule has 0 aromatic heterocycles. The fourth-order valence-corrected chi connectivity index (χ4v) is 8.62. The molecule has 50 heavy (non-hydrogen) atoms. The predicted octanol–water partition coefficient (Wildman–Crippen LogP) is 3.09. The molecule has 0 spiro atoms. The number of methoxy groups -OCH3 is 1. The number of amides is 2. The van der Waals surface area contributed by atoms with E-state index in [2.05, 4.69) is 5.32 Å². The lowest BCUT2D eigenvalue weighted by Gasteiger charge is -2.35. The molecule has 3 aliphatic rings. The third-order valence-corrected chi connectivity index (χ3v) is 10.9. The lowest BCUT2D eigenvalue weighted by molar-refractivity contribution is -0.387. The number of nitro benzene ring substituents is 1. The molecule has 2 saturated heterocycles. The molecule has 2 amide bonds. The number of ether oxygens (including phenoxy) is 3. The number of para-hydroxylation sites is 1. The molecule has 5 atom stereocenters. The van der Waals surface area contributed by atoms with Gasteiger partial charge in [0.25, 0.3) is 15.7 Å². The number of nitrogens with one attached hydrogen (secondary N) is 1. The summed E-state index contributed by atoms with van der Waals surface area (Å²) < 4.78 is 46.6. The minimum Gasteiger partial charge on any atom is -0.497 e. The highest BCUT2D eigenvalue weighted by Gasteiger charge is 2.71. The van der Waals surface area contributed by atoms with Gasteiger partial charge in [-0.3, -0.25) is 24.5 Å². The van der Waals surface area contributed by atoms with Gasteiger partial charge in [-0.15, -0.1) is 0 Å². The molecule has 14 nitrogen and oxygen atoms in total. The van der Waals surface area contributed by atoms with Crippen LogP contribution in [0.4, 0.5) is 5.69 Å². The summed E-state index contributed by atoms with van der Waals surface area (Å²) >= 11 is 0. The second-order valence-corrected chi connectivity index (χ2v) is 13.8. The van der Waals surface area contributed by atoms with E-state index in [0.717, 1.165) is 28.3 Å². The van der Waals surface area contributed by atoms with Gasteiger partial charge in [-0.25, -0.2) is 8.42 Å². The van der Waals surface area contributed by atoms with E-state index in [-0.39, 0.29) is 19.6 Å². The van der Waals surface area contributed by atoms with E-state index in [1.165, 1.54) is 43.2 Å². The van der Waals surface area contributed by atoms with Crippen molar-refractivity contribution >= 4 is 33.5 Å². The molecule has 2 fully saturated rings. The van der Waals surface area contributed by atoms with E-state index in [1.807, 2.05) is 30.3 Å². The molecule has 0 saturated carbocycles. The van der Waals surface area contributed by atoms with Crippen LogP contribution in [0.2, 0.25) is 0 Å². The molecule has 0 aliphatic carbocycles. The van der Waals surface area contributed by atoms with Crippen LogP contribution in [-0.4, -0.2) is 77.8 Å². The van der Waals surface area contributed by atoms with E-state index in [1.54, 1.807) is 30.3 Å². The van der Waals surface area contributed by atoms with Gasteiger partial charge >= 0.3 is 5.97 Å². The zero-order chi connectivity index (χ0) is 35.6. The number of benzene rings is 3. The van der Waals surface area contributed by atoms with Gasteiger partial charge in [0.2, 0.25) is 11.8 Å². The van der Waals surface area contributed by atoms with Crippen LogP contribution < -0.4 is 10.1 Å². The van der Waals surface area contributed by atoms with Crippen LogP contribution in [0.15, 0.2) is 108 Å². The minimum absolute atomic E-state index is 0.0700. The van der Waals surface area contributed by atoms with Crippen LogP contribution in [0.1, 0.15) is 18.1 Å². The van der Waals surface area contributed by atoms with Gasteiger partial charge in [0.1, 0.15) is 17.4 Å². The quantitative estimate of drug-likeness (QED) is 0.103. The highest BCUT2D eigenvalue weighted by molar-refractivity contribution is 7.89. The van der Waals surface area contributed by atoms with E-state index in [0.29, 0.717) is 11.3 Å². The second kappa shape index (κ2) is 13.9. The SMILES string of the molecule is COc1ccc(CN2C(=O)[C@@H]3[C@@H]4[C@@H](C=CCN4S(=O)(=O)c4ccccc4[N+](=O)[O-])O[C@]3(/C=C/OC(C)=O)[C@H]2C(=O)NCc2ccccc2)cc1. The van der Waals surface area contributed by atoms with Crippen molar-refractivity contribution < 1.29 is 41.9 Å². The summed E-state index contributed by atoms with van der Waals surface area (Å²) in [6.07, 6.45) is 4.45. The molecule has 0 bridgehead atoms. The number of carbonyl (C=O) groups is 3. The van der Waals surface area contributed by atoms with Gasteiger partial charge in [0.05, 0.1) is 36.4 Å². The molecule has 0 radical (unpaired) electrons. The van der Waals surface area contributed by atoms with Gasteiger partial charge in [0, 0.05) is 32.6 Å². The standard InChI is InChI=1S/C35H34N4O10S/c1-23(40)48-20-18-35-30(31-28(49-35)12-8-19-38(31)50(45,46)29-13-7-6-11-27(29)39(43)44)34(42)37(22-25-14-16-26(47-2)17-15-25)32(35)33(41)36-21-24-9-4-3-5-10-24/h3-18,20,28,30-32H,19,21-22H2,1-2H3,(H,36,41)/b20-18+/t28-,30+,31+,32-,35+/m1/s1. The van der Waals surface area contributed by atoms with Crippen molar-refractivity contribution in [3.8, 4) is 5.75 Å². The van der Waals surface area contributed by atoms with Gasteiger partial charge in [0.15, 0.2) is 4.90 Å². The topological polar surface area (TPSA) is 175 Å². The Hall–Kier alpha value is -5.38. The molecule has 0 unspecified atom stereocenters. The molecule has 1 N–H and O–H groups in total. The van der Waals surface area contributed by atoms with Crippen molar-refractivity contribution in [3.05, 3.63) is 125 Å². The molecule has 3 aromatic rings. The molecular formula is C35H34N4O10S. The number of likely N-dealkylation sites (tertiary alicyclic amines) is 1. The van der Waals surface area contributed by atoms with Crippen LogP contribution >= 0.6 is 0 Å². The van der Waals surface area contributed by atoms with Crippen molar-refractivity contribution in [2.45, 2.75) is 48.7 Å². The monoisotopic (exact) mass is 702 g/mol. The number of nitrogens with zero attached hydrogens (tertiary/aromatic N) is 3. The summed E-state index contributed by atoms with van der Waals surface area (Å²) in [6, 6.07) is 18.4. The highest BCUT2D eigenvalue weighted by Crippen LogP contribution is 2.52. The summed E-state index contributed by atoms with van der Waals surface area (Å²) in [5.41, 5.74) is -1.04. The molecule has 15 heteroatoms. The van der Waals surface area contributed by atoms with Gasteiger partial charge in [-0.2, -0.15) is 4.31 Å². The first-order chi connectivity index (χ1) is 24.0. The van der Waals surface area contributed by atoms with Gasteiger partial charge < -0.3 is 24.4 Å². The van der Waals surface area contributed by atoms with Crippen molar-refractivity contribution in [1.29, 1.82) is 0 Å². The van der Waals surface area contributed by atoms with E-state index in [4.69, 9.17) is 14.2 Å². The average Bonchev–Trinajstić information content (AvgIpc) is 3.56. The Morgan fingerprint density at radius 1 is 1.06 bits per heavy atom. The second-order valence-electron chi connectivity index (χ2n) is 12.0. The average molecular weight is 703 g/mol. The Balaban J connectivity index is 1.48. The summed E-state index contributed by atoms with van der Waals surface area (Å²) in [5.74, 6) is -2.63. The van der Waals surface area contributed by atoms with Crippen LogP contribution in [0.3, 0.4) is 0 Å². The molecular weight excluding hydrogens is 668 g/mol. The number of hydrogen-bond acceptors (Lipinski definition) is 10. The van der Waals surface area contributed by atoms with Crippen LogP contribution in [0.5, 0.6) is 5.75 Å². The number of fused-ring (bicyclic) bond motifs is 3. The Labute approximate surface area is 288 Å². The Bertz CT molecular complexity index is 1970. The molecule has 3 aliphatic heterocycles. The first kappa shape index (κ1) is 34.5. The largest absolute Gasteiger partial charge is 0.497 e. The normalized spacial score (nSPS) is 24.5. The van der Waals surface area contributed by atoms with E-state index in [9.17, 15) is 32.9 Å². The zero-order valence-corrected chi connectivity index (χ0v) is 27.9. The molecule has 6 rings (SSSR count). The third kappa shape index (κ3) is 6.26. The lowest BCUT2D eigenvalue weighted by atomic mass is 9.81. The summed E-state index contributed by atoms with van der Waals surface area (Å²) in [4.78, 5) is 52.9. The van der Waals surface area contributed by atoms with Gasteiger partial charge in [-0.1, -0.05) is 66.7 Å². The Morgan fingerprint density at radius 2 is 1.76 bits per heavy atom. The van der Waals surface area contributed by atoms with E-state index >= 15 is 0 Å². The highest BCUT2D eigenvalue weighted by atomic mass is 32.2. The summed E-state index contributed by atoms with van der Waals surface area (Å²) in [5, 5.41) is 14.8. The third-order valence-electron chi connectivity index (χ3n) is 9.02.